The van der Waals surface area contributed by atoms with Crippen LogP contribution in [0.25, 0.3) is 0 Å². The lowest BCUT2D eigenvalue weighted by Gasteiger charge is -2.22. The van der Waals surface area contributed by atoms with Crippen LogP contribution < -0.4 is 9.47 Å². The molecule has 0 saturated carbocycles. The fourth-order valence-corrected chi connectivity index (χ4v) is 2.85. The number of hydrogen-bond acceptors (Lipinski definition) is 3. The minimum absolute atomic E-state index is 0.0640. The second kappa shape index (κ2) is 9.94. The molecule has 0 unspecified atom stereocenters. The highest BCUT2D eigenvalue weighted by atomic mass is 35.5. The summed E-state index contributed by atoms with van der Waals surface area (Å²) in [5, 5.41) is 0. The maximum absolute atomic E-state index is 12.9. The zero-order valence-corrected chi connectivity index (χ0v) is 15.5. The Labute approximate surface area is 154 Å². The first-order valence-corrected chi connectivity index (χ1v) is 8.83. The third kappa shape index (κ3) is 5.68. The normalized spacial score (nSPS) is 10.4. The van der Waals surface area contributed by atoms with Crippen LogP contribution in [0.2, 0.25) is 0 Å². The summed E-state index contributed by atoms with van der Waals surface area (Å²) in [5.74, 6) is 1.53. The maximum atomic E-state index is 12.9. The third-order valence-corrected chi connectivity index (χ3v) is 4.15. The monoisotopic (exact) mass is 361 g/mol. The van der Waals surface area contributed by atoms with E-state index < -0.39 is 0 Å². The van der Waals surface area contributed by atoms with Crippen LogP contribution in [-0.4, -0.2) is 44.0 Å². The molecule has 25 heavy (non-hydrogen) atoms. The van der Waals surface area contributed by atoms with E-state index in [1.807, 2.05) is 18.2 Å². The molecule has 0 aliphatic heterocycles. The molecule has 0 N–H and O–H groups in total. The SMILES string of the molecule is COc1cc(OC)cc(C(=O)N(CCCl)CCCc2ccccc2)c1. The van der Waals surface area contributed by atoms with E-state index in [2.05, 4.69) is 12.1 Å². The summed E-state index contributed by atoms with van der Waals surface area (Å²) in [6.07, 6.45) is 1.81. The average molecular weight is 362 g/mol. The van der Waals surface area contributed by atoms with Gasteiger partial charge < -0.3 is 14.4 Å². The van der Waals surface area contributed by atoms with Crippen LogP contribution in [0.5, 0.6) is 11.5 Å². The standard InChI is InChI=1S/C20H24ClNO3/c1-24-18-13-17(14-19(15-18)25-2)20(23)22(12-10-21)11-6-9-16-7-4-3-5-8-16/h3-5,7-8,13-15H,6,9-12H2,1-2H3. The van der Waals surface area contributed by atoms with Crippen LogP contribution in [0.1, 0.15) is 22.3 Å². The average Bonchev–Trinajstić information content (AvgIpc) is 2.67. The predicted octanol–water partition coefficient (Wildman–Crippen LogP) is 4.02. The van der Waals surface area contributed by atoms with Crippen molar-refractivity contribution in [3.63, 3.8) is 0 Å². The largest absolute Gasteiger partial charge is 0.497 e. The molecule has 2 rings (SSSR count). The Bertz CT molecular complexity index is 654. The van der Waals surface area contributed by atoms with Crippen molar-refractivity contribution in [3.8, 4) is 11.5 Å². The lowest BCUT2D eigenvalue weighted by atomic mass is 10.1. The number of amides is 1. The molecule has 2 aromatic rings. The van der Waals surface area contributed by atoms with E-state index in [9.17, 15) is 4.79 Å². The molecular weight excluding hydrogens is 338 g/mol. The van der Waals surface area contributed by atoms with Crippen molar-refractivity contribution in [2.75, 3.05) is 33.2 Å². The van der Waals surface area contributed by atoms with E-state index in [-0.39, 0.29) is 5.91 Å². The predicted molar refractivity (Wildman–Crippen MR) is 101 cm³/mol. The van der Waals surface area contributed by atoms with Gasteiger partial charge in [-0.1, -0.05) is 30.3 Å². The van der Waals surface area contributed by atoms with Gasteiger partial charge in [-0.05, 0) is 30.5 Å². The molecule has 0 bridgehead atoms. The fourth-order valence-electron chi connectivity index (χ4n) is 2.65. The number of ether oxygens (including phenoxy) is 2. The number of nitrogens with zero attached hydrogens (tertiary/aromatic N) is 1. The van der Waals surface area contributed by atoms with Crippen molar-refractivity contribution in [1.29, 1.82) is 0 Å². The first-order valence-electron chi connectivity index (χ1n) is 8.30. The van der Waals surface area contributed by atoms with Gasteiger partial charge in [0.1, 0.15) is 11.5 Å². The second-order valence-corrected chi connectivity index (χ2v) is 6.05. The molecule has 0 aliphatic rings. The zero-order valence-electron chi connectivity index (χ0n) is 14.7. The van der Waals surface area contributed by atoms with E-state index in [1.54, 1.807) is 37.3 Å². The van der Waals surface area contributed by atoms with Gasteiger partial charge in [0.25, 0.3) is 5.91 Å². The molecule has 1 amide bonds. The van der Waals surface area contributed by atoms with Crippen molar-refractivity contribution < 1.29 is 14.3 Å². The number of hydrogen-bond donors (Lipinski definition) is 0. The van der Waals surface area contributed by atoms with Crippen LogP contribution in [0.15, 0.2) is 48.5 Å². The molecule has 0 saturated heterocycles. The van der Waals surface area contributed by atoms with Gasteiger partial charge >= 0.3 is 0 Å². The minimum atomic E-state index is -0.0640. The highest BCUT2D eigenvalue weighted by Crippen LogP contribution is 2.23. The summed E-state index contributed by atoms with van der Waals surface area (Å²) < 4.78 is 10.5. The highest BCUT2D eigenvalue weighted by Gasteiger charge is 2.17. The number of carbonyl (C=O) groups excluding carboxylic acids is 1. The Hall–Kier alpha value is -2.20. The Morgan fingerprint density at radius 1 is 1.00 bits per heavy atom. The number of carbonyl (C=O) groups is 1. The quantitative estimate of drug-likeness (QED) is 0.633. The summed E-state index contributed by atoms with van der Waals surface area (Å²) in [7, 11) is 3.14. The van der Waals surface area contributed by atoms with Crippen molar-refractivity contribution in [1.82, 2.24) is 4.90 Å². The molecule has 2 aromatic carbocycles. The van der Waals surface area contributed by atoms with Gasteiger partial charge in [0.05, 0.1) is 14.2 Å². The number of benzene rings is 2. The smallest absolute Gasteiger partial charge is 0.254 e. The van der Waals surface area contributed by atoms with Gasteiger partial charge in [-0.2, -0.15) is 0 Å². The number of halogens is 1. The van der Waals surface area contributed by atoms with Crippen LogP contribution in [0.3, 0.4) is 0 Å². The number of aryl methyl sites for hydroxylation is 1. The van der Waals surface area contributed by atoms with Gasteiger partial charge in [-0.15, -0.1) is 11.6 Å². The molecule has 0 spiro atoms. The highest BCUT2D eigenvalue weighted by molar-refractivity contribution is 6.18. The van der Waals surface area contributed by atoms with Gasteiger partial charge in [-0.3, -0.25) is 4.79 Å². The van der Waals surface area contributed by atoms with E-state index in [1.165, 1.54) is 5.56 Å². The van der Waals surface area contributed by atoms with Gasteiger partial charge in [-0.25, -0.2) is 0 Å². The second-order valence-electron chi connectivity index (χ2n) is 5.67. The molecule has 0 radical (unpaired) electrons. The van der Waals surface area contributed by atoms with Crippen molar-refractivity contribution >= 4 is 17.5 Å². The molecule has 0 aromatic heterocycles. The van der Waals surface area contributed by atoms with Crippen molar-refractivity contribution in [2.45, 2.75) is 12.8 Å². The molecule has 4 nitrogen and oxygen atoms in total. The fraction of sp³-hybridized carbons (Fsp3) is 0.350. The van der Waals surface area contributed by atoms with Crippen LogP contribution in [0, 0.1) is 0 Å². The first-order chi connectivity index (χ1) is 12.2. The van der Waals surface area contributed by atoms with Crippen LogP contribution in [0.4, 0.5) is 0 Å². The topological polar surface area (TPSA) is 38.8 Å². The van der Waals surface area contributed by atoms with Gasteiger partial charge in [0.2, 0.25) is 0 Å². The Balaban J connectivity index is 2.06. The minimum Gasteiger partial charge on any atom is -0.497 e. The van der Waals surface area contributed by atoms with E-state index in [0.717, 1.165) is 12.8 Å². The summed E-state index contributed by atoms with van der Waals surface area (Å²) in [6, 6.07) is 15.5. The maximum Gasteiger partial charge on any atom is 0.254 e. The summed E-state index contributed by atoms with van der Waals surface area (Å²) in [6.45, 7) is 1.16. The lowest BCUT2D eigenvalue weighted by Crippen LogP contribution is -2.34. The van der Waals surface area contributed by atoms with Gasteiger partial charge in [0, 0.05) is 30.6 Å². The summed E-state index contributed by atoms with van der Waals surface area (Å²) in [5.41, 5.74) is 1.81. The zero-order chi connectivity index (χ0) is 18.1. The molecular formula is C20H24ClNO3. The van der Waals surface area contributed by atoms with Gasteiger partial charge in [0.15, 0.2) is 0 Å². The molecule has 0 atom stereocenters. The Morgan fingerprint density at radius 3 is 2.20 bits per heavy atom. The molecule has 0 fully saturated rings. The van der Waals surface area contributed by atoms with E-state index in [0.29, 0.717) is 36.0 Å². The van der Waals surface area contributed by atoms with E-state index in [4.69, 9.17) is 21.1 Å². The first kappa shape index (κ1) is 19.1. The number of methoxy groups -OCH3 is 2. The van der Waals surface area contributed by atoms with E-state index >= 15 is 0 Å². The lowest BCUT2D eigenvalue weighted by molar-refractivity contribution is 0.0763. The summed E-state index contributed by atoms with van der Waals surface area (Å²) in [4.78, 5) is 14.7. The van der Waals surface area contributed by atoms with Crippen LogP contribution in [-0.2, 0) is 6.42 Å². The molecule has 0 aliphatic carbocycles. The third-order valence-electron chi connectivity index (χ3n) is 3.98. The Morgan fingerprint density at radius 2 is 1.64 bits per heavy atom. The number of rotatable bonds is 9. The summed E-state index contributed by atoms with van der Waals surface area (Å²) >= 11 is 5.90. The Kier molecular flexibility index (Phi) is 7.61. The van der Waals surface area contributed by atoms with Crippen molar-refractivity contribution in [2.24, 2.45) is 0 Å². The van der Waals surface area contributed by atoms with Crippen molar-refractivity contribution in [3.05, 3.63) is 59.7 Å². The molecule has 5 heteroatoms. The number of alkyl halides is 1. The molecule has 134 valence electrons. The molecule has 0 heterocycles. The van der Waals surface area contributed by atoms with Crippen LogP contribution >= 0.6 is 11.6 Å².